The second-order valence-corrected chi connectivity index (χ2v) is 5.95. The Bertz CT molecular complexity index is 507. The molecule has 0 aliphatic heterocycles. The molecule has 0 unspecified atom stereocenters. The van der Waals surface area contributed by atoms with Crippen molar-refractivity contribution in [3.8, 4) is 6.07 Å². The summed E-state index contributed by atoms with van der Waals surface area (Å²) in [7, 11) is 1.80. The summed E-state index contributed by atoms with van der Waals surface area (Å²) in [5, 5.41) is 15.5. The van der Waals surface area contributed by atoms with Crippen LogP contribution in [-0.4, -0.2) is 19.6 Å². The molecule has 4 nitrogen and oxygen atoms in total. The van der Waals surface area contributed by atoms with Crippen molar-refractivity contribution in [2.75, 3.05) is 13.6 Å². The van der Waals surface area contributed by atoms with Crippen LogP contribution < -0.4 is 10.6 Å². The molecule has 118 valence electrons. The third-order valence-corrected chi connectivity index (χ3v) is 4.32. The van der Waals surface area contributed by atoms with E-state index in [2.05, 4.69) is 21.7 Å². The summed E-state index contributed by atoms with van der Waals surface area (Å²) in [6.45, 7) is 1.69. The van der Waals surface area contributed by atoms with Crippen molar-refractivity contribution in [3.05, 3.63) is 35.4 Å². The zero-order valence-electron chi connectivity index (χ0n) is 13.4. The largest absolute Gasteiger partial charge is 0.356 e. The van der Waals surface area contributed by atoms with Crippen molar-refractivity contribution in [3.63, 3.8) is 0 Å². The number of nitrogens with zero attached hydrogens (tertiary/aromatic N) is 2. The number of rotatable bonds is 6. The summed E-state index contributed by atoms with van der Waals surface area (Å²) >= 11 is 0. The normalized spacial score (nSPS) is 15.5. The van der Waals surface area contributed by atoms with E-state index < -0.39 is 0 Å². The molecule has 0 atom stereocenters. The number of hydrogen-bond acceptors (Lipinski definition) is 2. The lowest BCUT2D eigenvalue weighted by molar-refractivity contribution is 0.481. The number of nitrogens with one attached hydrogen (secondary N) is 2. The Morgan fingerprint density at radius 2 is 1.95 bits per heavy atom. The molecule has 0 bridgehead atoms. The van der Waals surface area contributed by atoms with Gasteiger partial charge in [-0.1, -0.05) is 37.8 Å². The zero-order chi connectivity index (χ0) is 15.6. The van der Waals surface area contributed by atoms with E-state index in [9.17, 15) is 0 Å². The smallest absolute Gasteiger partial charge is 0.191 e. The fourth-order valence-corrected chi connectivity index (χ4v) is 3.00. The van der Waals surface area contributed by atoms with Crippen molar-refractivity contribution in [2.45, 2.75) is 45.1 Å². The fraction of sp³-hybridized carbons (Fsp3) is 0.556. The summed E-state index contributed by atoms with van der Waals surface area (Å²) in [5.41, 5.74) is 1.84. The lowest BCUT2D eigenvalue weighted by Gasteiger charge is -2.13. The van der Waals surface area contributed by atoms with Crippen LogP contribution in [0, 0.1) is 17.2 Å². The first-order valence-electron chi connectivity index (χ1n) is 8.25. The molecule has 1 fully saturated rings. The predicted octanol–water partition coefficient (Wildman–Crippen LogP) is 3.19. The average Bonchev–Trinajstić information content (AvgIpc) is 3.08. The third-order valence-electron chi connectivity index (χ3n) is 4.32. The molecule has 1 aromatic rings. The highest BCUT2D eigenvalue weighted by Gasteiger charge is 2.13. The van der Waals surface area contributed by atoms with Gasteiger partial charge in [0.15, 0.2) is 5.96 Å². The number of aliphatic imine (C=N–C) groups is 1. The molecular formula is C18H26N4. The van der Waals surface area contributed by atoms with Gasteiger partial charge >= 0.3 is 0 Å². The average molecular weight is 298 g/mol. The first kappa shape index (κ1) is 16.4. The fourth-order valence-electron chi connectivity index (χ4n) is 3.00. The summed E-state index contributed by atoms with van der Waals surface area (Å²) in [6.07, 6.45) is 8.23. The van der Waals surface area contributed by atoms with E-state index in [-0.39, 0.29) is 0 Å². The van der Waals surface area contributed by atoms with Crippen LogP contribution in [0.4, 0.5) is 0 Å². The van der Waals surface area contributed by atoms with Gasteiger partial charge in [0.1, 0.15) is 0 Å². The highest BCUT2D eigenvalue weighted by Crippen LogP contribution is 2.28. The quantitative estimate of drug-likeness (QED) is 0.482. The second-order valence-electron chi connectivity index (χ2n) is 5.95. The van der Waals surface area contributed by atoms with Gasteiger partial charge in [-0.3, -0.25) is 4.99 Å². The van der Waals surface area contributed by atoms with Gasteiger partial charge in [-0.15, -0.1) is 0 Å². The second kappa shape index (κ2) is 9.09. The zero-order valence-corrected chi connectivity index (χ0v) is 13.4. The first-order valence-corrected chi connectivity index (χ1v) is 8.25. The molecule has 22 heavy (non-hydrogen) atoms. The summed E-state index contributed by atoms with van der Waals surface area (Å²) in [5.74, 6) is 1.80. The Balaban J connectivity index is 1.64. The lowest BCUT2D eigenvalue weighted by Crippen LogP contribution is -2.37. The molecule has 1 aliphatic rings. The van der Waals surface area contributed by atoms with E-state index in [1.165, 1.54) is 38.5 Å². The molecule has 2 rings (SSSR count). The molecule has 4 heteroatoms. The lowest BCUT2D eigenvalue weighted by atomic mass is 10.0. The Kier molecular flexibility index (Phi) is 6.76. The predicted molar refractivity (Wildman–Crippen MR) is 90.6 cm³/mol. The van der Waals surface area contributed by atoms with Gasteiger partial charge in [-0.25, -0.2) is 0 Å². The van der Waals surface area contributed by atoms with E-state index in [1.54, 1.807) is 7.05 Å². The number of hydrogen-bond donors (Lipinski definition) is 2. The Labute approximate surface area is 133 Å². The number of guanidine groups is 1. The highest BCUT2D eigenvalue weighted by molar-refractivity contribution is 5.79. The topological polar surface area (TPSA) is 60.2 Å². The number of nitriles is 1. The van der Waals surface area contributed by atoms with Crippen molar-refractivity contribution in [2.24, 2.45) is 10.9 Å². The molecule has 1 aliphatic carbocycles. The molecule has 0 aromatic heterocycles. The molecule has 2 N–H and O–H groups in total. The maximum atomic E-state index is 8.79. The Morgan fingerprint density at radius 1 is 1.23 bits per heavy atom. The van der Waals surface area contributed by atoms with Crippen LogP contribution in [0.2, 0.25) is 0 Å². The molecule has 1 aromatic carbocycles. The first-order chi connectivity index (χ1) is 10.8. The highest BCUT2D eigenvalue weighted by atomic mass is 15.2. The molecule has 0 heterocycles. The van der Waals surface area contributed by atoms with Gasteiger partial charge in [0.2, 0.25) is 0 Å². The minimum absolute atomic E-state index is 0.693. The van der Waals surface area contributed by atoms with Crippen molar-refractivity contribution in [1.29, 1.82) is 5.26 Å². The van der Waals surface area contributed by atoms with Crippen LogP contribution >= 0.6 is 0 Å². The van der Waals surface area contributed by atoms with E-state index >= 15 is 0 Å². The molecular weight excluding hydrogens is 272 g/mol. The van der Waals surface area contributed by atoms with Crippen LogP contribution in [0.15, 0.2) is 29.3 Å². The van der Waals surface area contributed by atoms with Crippen LogP contribution in [0.1, 0.15) is 49.7 Å². The van der Waals surface area contributed by atoms with Crippen LogP contribution in [0.25, 0.3) is 0 Å². The molecule has 1 saturated carbocycles. The van der Waals surface area contributed by atoms with Crippen LogP contribution in [0.5, 0.6) is 0 Å². The maximum absolute atomic E-state index is 8.79. The Morgan fingerprint density at radius 3 is 2.59 bits per heavy atom. The molecule has 0 amide bonds. The molecule has 0 saturated heterocycles. The van der Waals surface area contributed by atoms with E-state index in [0.29, 0.717) is 12.1 Å². The molecule has 0 spiro atoms. The van der Waals surface area contributed by atoms with Crippen molar-refractivity contribution >= 4 is 5.96 Å². The molecule has 0 radical (unpaired) electrons. The van der Waals surface area contributed by atoms with E-state index in [4.69, 9.17) is 5.26 Å². The summed E-state index contributed by atoms with van der Waals surface area (Å²) in [4.78, 5) is 4.25. The summed E-state index contributed by atoms with van der Waals surface area (Å²) in [6, 6.07) is 9.76. The van der Waals surface area contributed by atoms with Gasteiger partial charge in [0.05, 0.1) is 11.6 Å². The van der Waals surface area contributed by atoms with Crippen LogP contribution in [-0.2, 0) is 6.54 Å². The minimum atomic E-state index is 0.693. The van der Waals surface area contributed by atoms with E-state index in [1.807, 2.05) is 24.3 Å². The van der Waals surface area contributed by atoms with Gasteiger partial charge in [0, 0.05) is 20.1 Å². The minimum Gasteiger partial charge on any atom is -0.356 e. The van der Waals surface area contributed by atoms with Crippen LogP contribution in [0.3, 0.4) is 0 Å². The van der Waals surface area contributed by atoms with Gasteiger partial charge < -0.3 is 10.6 Å². The van der Waals surface area contributed by atoms with Gasteiger partial charge in [0.25, 0.3) is 0 Å². The Hall–Kier alpha value is -2.02. The monoisotopic (exact) mass is 298 g/mol. The van der Waals surface area contributed by atoms with E-state index in [0.717, 1.165) is 24.0 Å². The number of benzene rings is 1. The maximum Gasteiger partial charge on any atom is 0.191 e. The van der Waals surface area contributed by atoms with Gasteiger partial charge in [-0.2, -0.15) is 5.26 Å². The van der Waals surface area contributed by atoms with Crippen molar-refractivity contribution < 1.29 is 0 Å². The SMILES string of the molecule is CN=C(NCCCC1CCCC1)NCc1ccc(C#N)cc1. The van der Waals surface area contributed by atoms with Gasteiger partial charge in [-0.05, 0) is 36.5 Å². The standard InChI is InChI=1S/C18H26N4/c1-20-18(21-12-4-7-15-5-2-3-6-15)22-14-17-10-8-16(13-19)9-11-17/h8-11,15H,2-7,12,14H2,1H3,(H2,20,21,22). The van der Waals surface area contributed by atoms with Crippen molar-refractivity contribution in [1.82, 2.24) is 10.6 Å². The summed E-state index contributed by atoms with van der Waals surface area (Å²) < 4.78 is 0. The third kappa shape index (κ3) is 5.40.